The van der Waals surface area contributed by atoms with Crippen LogP contribution in [0.1, 0.15) is 106 Å². The molecule has 1 aromatic heterocycles. The number of nitrogens with zero attached hydrogens (tertiary/aromatic N) is 1. The first-order valence-electron chi connectivity index (χ1n) is 23.8. The number of aromatic amines is 1. The zero-order valence-corrected chi connectivity index (χ0v) is 42.3. The predicted molar refractivity (Wildman–Crippen MR) is 260 cm³/mol. The number of aromatic nitrogens is 2. The van der Waals surface area contributed by atoms with Crippen LogP contribution in [0.2, 0.25) is 0 Å². The molecule has 0 aliphatic rings. The molecule has 23 heteroatoms. The molecular weight excluding hydrogens is 923 g/mol. The van der Waals surface area contributed by atoms with Gasteiger partial charge in [0.2, 0.25) is 47.3 Å². The summed E-state index contributed by atoms with van der Waals surface area (Å²) in [7, 11) is 0. The van der Waals surface area contributed by atoms with Gasteiger partial charge in [-0.25, -0.2) is 9.78 Å². The molecule has 9 atom stereocenters. The van der Waals surface area contributed by atoms with Crippen molar-refractivity contribution < 1.29 is 58.2 Å². The van der Waals surface area contributed by atoms with Crippen LogP contribution < -0.4 is 48.3 Å². The lowest BCUT2D eigenvalue weighted by Gasteiger charge is -2.29. The number of carbonyl (C=O) groups is 10. The average Bonchev–Trinajstić information content (AvgIpc) is 3.80. The Morgan fingerprint density at radius 1 is 0.535 bits per heavy atom. The minimum Gasteiger partial charge on any atom is -0.481 e. The van der Waals surface area contributed by atoms with Crippen LogP contribution >= 0.6 is 0 Å². The third-order valence-corrected chi connectivity index (χ3v) is 11.2. The second-order valence-electron chi connectivity index (χ2n) is 19.3. The van der Waals surface area contributed by atoms with Crippen molar-refractivity contribution in [3.8, 4) is 0 Å². The van der Waals surface area contributed by atoms with Crippen LogP contribution in [0.25, 0.3) is 0 Å². The van der Waals surface area contributed by atoms with Gasteiger partial charge >= 0.3 is 11.9 Å². The summed E-state index contributed by atoms with van der Waals surface area (Å²) in [6.07, 6.45) is 2.43. The van der Waals surface area contributed by atoms with Gasteiger partial charge in [-0.15, -0.1) is 0 Å². The molecule has 23 nitrogen and oxygen atoms in total. The lowest BCUT2D eigenvalue weighted by atomic mass is 9.98. The molecule has 0 unspecified atom stereocenters. The van der Waals surface area contributed by atoms with E-state index in [9.17, 15) is 53.1 Å². The third kappa shape index (κ3) is 21.3. The Morgan fingerprint density at radius 2 is 0.972 bits per heavy atom. The molecule has 0 bridgehead atoms. The first-order valence-corrected chi connectivity index (χ1v) is 23.8. The molecule has 0 fully saturated rings. The zero-order valence-electron chi connectivity index (χ0n) is 42.3. The summed E-state index contributed by atoms with van der Waals surface area (Å²) in [6.45, 7) is 16.6. The number of H-pyrrole nitrogens is 1. The van der Waals surface area contributed by atoms with Gasteiger partial charge in [-0.1, -0.05) is 85.7 Å². The van der Waals surface area contributed by atoms with E-state index in [-0.39, 0.29) is 50.4 Å². The first kappa shape index (κ1) is 60.2. The molecule has 0 radical (unpaired) electrons. The number of nitrogens with two attached hydrogens (primary N) is 1. The van der Waals surface area contributed by atoms with E-state index >= 15 is 0 Å². The van der Waals surface area contributed by atoms with Gasteiger partial charge in [-0.2, -0.15) is 0 Å². The monoisotopic (exact) mass is 998 g/mol. The van der Waals surface area contributed by atoms with Crippen LogP contribution in [-0.2, 0) is 60.8 Å². The summed E-state index contributed by atoms with van der Waals surface area (Å²) in [4.78, 5) is 138. The van der Waals surface area contributed by atoms with E-state index in [1.807, 2.05) is 27.7 Å². The summed E-state index contributed by atoms with van der Waals surface area (Å²) < 4.78 is 0. The quantitative estimate of drug-likeness (QED) is 0.0482. The fourth-order valence-electron chi connectivity index (χ4n) is 7.15. The van der Waals surface area contributed by atoms with Crippen LogP contribution in [-0.4, -0.2) is 134 Å². The second-order valence-corrected chi connectivity index (χ2v) is 19.3. The molecule has 0 spiro atoms. The lowest BCUT2D eigenvalue weighted by Crippen LogP contribution is -2.61. The average molecular weight is 998 g/mol. The van der Waals surface area contributed by atoms with E-state index in [0.29, 0.717) is 11.3 Å². The topological polar surface area (TPSA) is 362 Å². The SMILES string of the molecule is CC(C)C[C@H](NC(=O)[C@H](CC(C)C)NC(=O)[C@@H](NC(=O)[C@H](C)NC(=O)[C@H](C)NC(=O)[C@@H](NC(=O)[C@@H](N)CCC(=O)O)C(C)C)C(C)C)C(=O)N[C@@H](Cc1cnc[nH]1)C(=O)N[C@@H](Cc1ccccc1)C(=O)O. The Labute approximate surface area is 414 Å². The Morgan fingerprint density at radius 3 is 1.44 bits per heavy atom. The van der Waals surface area contributed by atoms with Crippen molar-refractivity contribution in [2.75, 3.05) is 0 Å². The van der Waals surface area contributed by atoms with Gasteiger partial charge in [0, 0.05) is 31.2 Å². The summed E-state index contributed by atoms with van der Waals surface area (Å²) in [5.41, 5.74) is 6.92. The molecule has 2 rings (SSSR count). The number of carbonyl (C=O) groups excluding carboxylic acids is 8. The van der Waals surface area contributed by atoms with Gasteiger partial charge in [0.1, 0.15) is 48.3 Å². The number of carboxylic acids is 2. The minimum atomic E-state index is -1.33. The second kappa shape index (κ2) is 29.3. The highest BCUT2D eigenvalue weighted by molar-refractivity contribution is 5.98. The van der Waals surface area contributed by atoms with Gasteiger partial charge in [-0.3, -0.25) is 43.2 Å². The van der Waals surface area contributed by atoms with Crippen molar-refractivity contribution in [1.29, 1.82) is 0 Å². The number of benzene rings is 1. The molecule has 71 heavy (non-hydrogen) atoms. The number of amides is 8. The summed E-state index contributed by atoms with van der Waals surface area (Å²) in [5, 5.41) is 39.7. The van der Waals surface area contributed by atoms with Gasteiger partial charge in [0.15, 0.2) is 0 Å². The van der Waals surface area contributed by atoms with E-state index in [0.717, 1.165) is 0 Å². The van der Waals surface area contributed by atoms with Gasteiger partial charge in [-0.05, 0) is 62.3 Å². The fraction of sp³-hybridized carbons (Fsp3) is 0.604. The Bertz CT molecular complexity index is 2120. The molecule has 0 saturated carbocycles. The Hall–Kier alpha value is -6.91. The van der Waals surface area contributed by atoms with Crippen molar-refractivity contribution in [3.63, 3.8) is 0 Å². The molecule has 13 N–H and O–H groups in total. The van der Waals surface area contributed by atoms with Crippen LogP contribution in [0.4, 0.5) is 0 Å². The number of imidazole rings is 1. The predicted octanol–water partition coefficient (Wildman–Crippen LogP) is -0.206. The molecule has 0 saturated heterocycles. The number of aliphatic carboxylic acids is 2. The lowest BCUT2D eigenvalue weighted by molar-refractivity contribution is -0.142. The largest absolute Gasteiger partial charge is 0.481 e. The number of hydrogen-bond acceptors (Lipinski definition) is 12. The van der Waals surface area contributed by atoms with Gasteiger partial charge in [0.05, 0.1) is 12.4 Å². The molecular formula is C48H75N11O12. The van der Waals surface area contributed by atoms with Crippen molar-refractivity contribution in [3.05, 3.63) is 54.1 Å². The van der Waals surface area contributed by atoms with Crippen LogP contribution in [0.15, 0.2) is 42.9 Å². The maximum atomic E-state index is 14.1. The van der Waals surface area contributed by atoms with E-state index in [1.54, 1.807) is 58.0 Å². The Balaban J connectivity index is 2.20. The third-order valence-electron chi connectivity index (χ3n) is 11.2. The van der Waals surface area contributed by atoms with Crippen molar-refractivity contribution in [1.82, 2.24) is 52.5 Å². The zero-order chi connectivity index (χ0) is 53.7. The van der Waals surface area contributed by atoms with E-state index in [4.69, 9.17) is 10.8 Å². The summed E-state index contributed by atoms with van der Waals surface area (Å²) in [6, 6.07) is -2.32. The number of nitrogens with one attached hydrogen (secondary N) is 9. The van der Waals surface area contributed by atoms with E-state index < -0.39 is 125 Å². The highest BCUT2D eigenvalue weighted by atomic mass is 16.4. The molecule has 1 aromatic carbocycles. The highest BCUT2D eigenvalue weighted by Crippen LogP contribution is 2.13. The maximum Gasteiger partial charge on any atom is 0.326 e. The summed E-state index contributed by atoms with van der Waals surface area (Å²) in [5.74, 6) is -9.71. The summed E-state index contributed by atoms with van der Waals surface area (Å²) >= 11 is 0. The highest BCUT2D eigenvalue weighted by Gasteiger charge is 2.35. The molecule has 0 aliphatic carbocycles. The van der Waals surface area contributed by atoms with Crippen molar-refractivity contribution in [2.45, 2.75) is 162 Å². The molecule has 2 aromatic rings. The van der Waals surface area contributed by atoms with E-state index in [1.165, 1.54) is 26.4 Å². The fourth-order valence-corrected chi connectivity index (χ4v) is 7.15. The minimum absolute atomic E-state index is 0.0269. The number of rotatable bonds is 30. The molecule has 394 valence electrons. The molecule has 1 heterocycles. The maximum absolute atomic E-state index is 14.1. The van der Waals surface area contributed by atoms with Crippen molar-refractivity contribution >= 4 is 59.2 Å². The van der Waals surface area contributed by atoms with E-state index in [2.05, 4.69) is 52.5 Å². The normalized spacial score (nSPS) is 15.1. The van der Waals surface area contributed by atoms with Crippen LogP contribution in [0.5, 0.6) is 0 Å². The smallest absolute Gasteiger partial charge is 0.326 e. The molecule has 8 amide bonds. The molecule has 0 aliphatic heterocycles. The van der Waals surface area contributed by atoms with Crippen LogP contribution in [0, 0.1) is 23.7 Å². The van der Waals surface area contributed by atoms with Crippen molar-refractivity contribution in [2.24, 2.45) is 29.4 Å². The van der Waals surface area contributed by atoms with Gasteiger partial charge < -0.3 is 63.5 Å². The van der Waals surface area contributed by atoms with Gasteiger partial charge in [0.25, 0.3) is 0 Å². The number of hydrogen-bond donors (Lipinski definition) is 12. The van der Waals surface area contributed by atoms with Crippen LogP contribution in [0.3, 0.4) is 0 Å². The number of carboxylic acid groups (broad SMARTS) is 2. The first-order chi connectivity index (χ1) is 33.2. The Kier molecular flexibility index (Phi) is 24.9. The standard InChI is InChI=1S/C48H75N11O12/c1-24(2)18-33(43(65)55-35(21-31-22-50-23-51-31)45(67)57-36(48(70)71)20-30-14-12-11-13-15-30)54-44(66)34(19-25(3)4)56-47(69)39(27(7)8)58-41(63)29(10)52-40(62)28(9)53-46(68)38(26(5)6)59-42(64)32(49)16-17-37(60)61/h11-15,22-29,32-36,38-39H,16-21,49H2,1-10H3,(H,50,51)(H,52,62)(H,53,68)(H,54,66)(H,55,65)(H,56,69)(H,57,67)(H,58,63)(H,59,64)(H,60,61)(H,70,71)/t28-,29-,32-,33-,34-,35-,36-,38-,39-/m0/s1.